The second-order valence-corrected chi connectivity index (χ2v) is 11.8. The molecule has 0 saturated carbocycles. The molecular weight excluding hydrogens is 514 g/mol. The summed E-state index contributed by atoms with van der Waals surface area (Å²) < 4.78 is 1.45. The maximum atomic E-state index is 13.1. The quantitative estimate of drug-likeness (QED) is 0.260. The predicted octanol–water partition coefficient (Wildman–Crippen LogP) is -1.64. The summed E-state index contributed by atoms with van der Waals surface area (Å²) in [7, 11) is 0. The number of carbonyl (C=O) groups excluding carboxylic acids is 3. The van der Waals surface area contributed by atoms with Crippen molar-refractivity contribution in [3.63, 3.8) is 0 Å². The molecule has 0 aliphatic carbocycles. The van der Waals surface area contributed by atoms with E-state index < -0.39 is 17.9 Å². The van der Waals surface area contributed by atoms with Gasteiger partial charge >= 0.3 is 5.97 Å². The van der Waals surface area contributed by atoms with E-state index in [-0.39, 0.29) is 59.1 Å². The van der Waals surface area contributed by atoms with Gasteiger partial charge in [-0.15, -0.1) is 16.9 Å². The van der Waals surface area contributed by atoms with Crippen LogP contribution in [0.3, 0.4) is 0 Å². The summed E-state index contributed by atoms with van der Waals surface area (Å²) in [4.78, 5) is 54.6. The molecule has 206 valence electrons. The third-order valence-electron chi connectivity index (χ3n) is 7.90. The van der Waals surface area contributed by atoms with Crippen LogP contribution in [0, 0.1) is 11.8 Å². The monoisotopic (exact) mass is 547 g/mol. The Morgan fingerprint density at radius 1 is 1.37 bits per heavy atom. The van der Waals surface area contributed by atoms with E-state index in [0.29, 0.717) is 37.5 Å². The van der Waals surface area contributed by atoms with Crippen molar-refractivity contribution in [1.29, 1.82) is 0 Å². The molecule has 1 aromatic heterocycles. The minimum absolute atomic E-state index is 0.00248. The van der Waals surface area contributed by atoms with Crippen molar-refractivity contribution in [2.24, 2.45) is 17.6 Å². The average molecular weight is 548 g/mol. The summed E-state index contributed by atoms with van der Waals surface area (Å²) in [5.74, 6) is -2.37. The number of carboxylic acids is 1. The van der Waals surface area contributed by atoms with Gasteiger partial charge in [0.05, 0.1) is 24.5 Å². The van der Waals surface area contributed by atoms with Gasteiger partial charge in [0.25, 0.3) is 0 Å². The number of aliphatic carboxylic acids is 1. The van der Waals surface area contributed by atoms with Crippen molar-refractivity contribution in [3.8, 4) is 0 Å². The predicted molar refractivity (Wildman–Crippen MR) is 135 cm³/mol. The van der Waals surface area contributed by atoms with Crippen LogP contribution in [-0.4, -0.2) is 108 Å². The van der Waals surface area contributed by atoms with Crippen LogP contribution in [0.2, 0.25) is 0 Å². The number of carboxylic acid groups (broad SMARTS) is 1. The number of thioether (sulfide) groups is 1. The molecule has 14 nitrogen and oxygen atoms in total. The van der Waals surface area contributed by atoms with Gasteiger partial charge in [0, 0.05) is 54.2 Å². The van der Waals surface area contributed by atoms with Crippen LogP contribution in [0.5, 0.6) is 0 Å². The molecule has 0 spiro atoms. The van der Waals surface area contributed by atoms with E-state index in [1.807, 2.05) is 6.92 Å². The molecule has 3 saturated heterocycles. The number of carbonyl (C=O) groups is 4. The highest BCUT2D eigenvalue weighted by Gasteiger charge is 2.60. The number of amides is 3. The van der Waals surface area contributed by atoms with E-state index >= 15 is 0 Å². The summed E-state index contributed by atoms with van der Waals surface area (Å²) in [5.41, 5.74) is 5.97. The maximum Gasteiger partial charge on any atom is 0.353 e. The number of aromatic nitrogens is 4. The molecule has 7 atom stereocenters. The van der Waals surface area contributed by atoms with Crippen LogP contribution in [0.1, 0.15) is 33.1 Å². The second-order valence-electron chi connectivity index (χ2n) is 10.5. The lowest BCUT2D eigenvalue weighted by Gasteiger charge is -2.47. The third kappa shape index (κ3) is 4.89. The van der Waals surface area contributed by atoms with E-state index in [1.165, 1.54) is 27.7 Å². The molecule has 5 rings (SSSR count). The van der Waals surface area contributed by atoms with Gasteiger partial charge in [-0.05, 0) is 30.2 Å². The Kier molecular flexibility index (Phi) is 7.42. The number of nitrogens with zero attached hydrogens (tertiary/aromatic N) is 6. The first-order valence-electron chi connectivity index (χ1n) is 12.9. The van der Waals surface area contributed by atoms with Gasteiger partial charge in [-0.25, -0.2) is 9.48 Å². The Bertz CT molecular complexity index is 1140. The van der Waals surface area contributed by atoms with E-state index in [9.17, 15) is 24.3 Å². The second kappa shape index (κ2) is 10.6. The van der Waals surface area contributed by atoms with Gasteiger partial charge in [0.15, 0.2) is 0 Å². The first-order chi connectivity index (χ1) is 18.2. The Morgan fingerprint density at radius 3 is 2.82 bits per heavy atom. The molecule has 5 heterocycles. The average Bonchev–Trinajstić information content (AvgIpc) is 3.66. The van der Waals surface area contributed by atoms with Gasteiger partial charge in [0.2, 0.25) is 17.7 Å². The summed E-state index contributed by atoms with van der Waals surface area (Å²) >= 11 is 1.45. The zero-order valence-electron chi connectivity index (χ0n) is 21.3. The van der Waals surface area contributed by atoms with Crippen LogP contribution >= 0.6 is 11.8 Å². The number of nitrogens with one attached hydrogen (secondary N) is 2. The smallest absolute Gasteiger partial charge is 0.353 e. The molecule has 5 N–H and O–H groups in total. The standard InChI is InChI=1S/C23H33N9O5S/c1-11-18-17(12(2)27-16(33)4-6-31-10-26-28-29-31)22(35)32(18)19(23(36)37)20(11)38-14-7-15(25-8-14)21(34)30-5-3-13(24)9-30/h10-15,17-18,25H,3-9,24H2,1-2H3,(H,27,33)(H,36,37)/t11-,12-,13-,14+,15+,17?,18-/m1/s1. The highest BCUT2D eigenvalue weighted by Crippen LogP contribution is 2.51. The number of likely N-dealkylation sites (tertiary alicyclic amines) is 1. The van der Waals surface area contributed by atoms with Crippen LogP contribution in [0.25, 0.3) is 0 Å². The number of rotatable bonds is 9. The van der Waals surface area contributed by atoms with E-state index in [1.54, 1.807) is 11.8 Å². The topological polar surface area (TPSA) is 189 Å². The number of hydrogen-bond acceptors (Lipinski definition) is 10. The summed E-state index contributed by atoms with van der Waals surface area (Å²) in [5, 5.41) is 27.0. The number of aryl methyl sites for hydroxylation is 1. The molecule has 4 aliphatic rings. The van der Waals surface area contributed by atoms with Crippen molar-refractivity contribution in [2.45, 2.75) is 69.1 Å². The zero-order chi connectivity index (χ0) is 27.1. The molecule has 1 unspecified atom stereocenters. The van der Waals surface area contributed by atoms with Crippen LogP contribution < -0.4 is 16.4 Å². The SMILES string of the molecule is C[C@@H](NC(=O)CCn1cnnn1)C1C(=O)N2C(C(=O)O)=C(S[C@@H]3CN[C@H](C(=O)N4CC[C@@H](N)C4)C3)[C@H](C)[C@H]12. The summed E-state index contributed by atoms with van der Waals surface area (Å²) in [6, 6.07) is -1.11. The van der Waals surface area contributed by atoms with E-state index in [0.717, 1.165) is 6.42 Å². The lowest BCUT2D eigenvalue weighted by Crippen LogP contribution is -2.66. The van der Waals surface area contributed by atoms with E-state index in [2.05, 4.69) is 26.2 Å². The molecular formula is C23H33N9O5S. The molecule has 15 heteroatoms. The fourth-order valence-electron chi connectivity index (χ4n) is 5.98. The molecule has 0 radical (unpaired) electrons. The molecule has 38 heavy (non-hydrogen) atoms. The van der Waals surface area contributed by atoms with Gasteiger partial charge in [0.1, 0.15) is 12.0 Å². The number of β-lactam (4-membered cyclic amide) rings is 1. The molecule has 4 aliphatic heterocycles. The largest absolute Gasteiger partial charge is 0.477 e. The first kappa shape index (κ1) is 26.6. The maximum absolute atomic E-state index is 13.1. The minimum atomic E-state index is -1.14. The van der Waals surface area contributed by atoms with Crippen molar-refractivity contribution in [1.82, 2.24) is 40.6 Å². The summed E-state index contributed by atoms with van der Waals surface area (Å²) in [6.07, 6.45) is 2.95. The fourth-order valence-corrected chi connectivity index (χ4v) is 7.46. The Balaban J connectivity index is 1.21. The number of fused-ring (bicyclic) bond motifs is 1. The van der Waals surface area contributed by atoms with Gasteiger partial charge < -0.3 is 31.3 Å². The van der Waals surface area contributed by atoms with Crippen molar-refractivity contribution in [2.75, 3.05) is 19.6 Å². The van der Waals surface area contributed by atoms with E-state index in [4.69, 9.17) is 5.73 Å². The normalized spacial score (nSPS) is 31.4. The highest BCUT2D eigenvalue weighted by molar-refractivity contribution is 8.03. The van der Waals surface area contributed by atoms with Gasteiger partial charge in [-0.1, -0.05) is 6.92 Å². The zero-order valence-corrected chi connectivity index (χ0v) is 22.1. The molecule has 0 bridgehead atoms. The van der Waals surface area contributed by atoms with Crippen LogP contribution in [0.15, 0.2) is 16.9 Å². The Hall–Kier alpha value is -3.04. The highest BCUT2D eigenvalue weighted by atomic mass is 32.2. The first-order valence-corrected chi connectivity index (χ1v) is 13.8. The molecule has 0 aromatic carbocycles. The van der Waals surface area contributed by atoms with Crippen molar-refractivity contribution in [3.05, 3.63) is 16.9 Å². The molecule has 3 amide bonds. The molecule has 1 aromatic rings. The van der Waals surface area contributed by atoms with Crippen molar-refractivity contribution >= 4 is 35.5 Å². The Labute approximate surface area is 223 Å². The minimum Gasteiger partial charge on any atom is -0.477 e. The van der Waals surface area contributed by atoms with Crippen molar-refractivity contribution < 1.29 is 24.3 Å². The van der Waals surface area contributed by atoms with Crippen LogP contribution in [0.4, 0.5) is 0 Å². The van der Waals surface area contributed by atoms with Crippen LogP contribution in [-0.2, 0) is 25.7 Å². The number of hydrogen-bond donors (Lipinski definition) is 4. The number of nitrogens with two attached hydrogens (primary N) is 1. The fraction of sp³-hybridized carbons (Fsp3) is 0.696. The van der Waals surface area contributed by atoms with Gasteiger partial charge in [-0.2, -0.15) is 0 Å². The Morgan fingerprint density at radius 2 is 2.16 bits per heavy atom. The third-order valence-corrected chi connectivity index (χ3v) is 9.41. The lowest BCUT2D eigenvalue weighted by atomic mass is 9.78. The molecule has 3 fully saturated rings. The summed E-state index contributed by atoms with van der Waals surface area (Å²) in [6.45, 7) is 5.80. The number of tetrazole rings is 1. The lowest BCUT2D eigenvalue weighted by molar-refractivity contribution is -0.158. The van der Waals surface area contributed by atoms with Gasteiger partial charge in [-0.3, -0.25) is 14.4 Å².